The Hall–Kier alpha value is -3.73. The first-order valence-corrected chi connectivity index (χ1v) is 9.51. The molecule has 2 heterocycles. The fraction of sp³-hybridized carbons (Fsp3) is 0.125. The molecule has 0 fully saturated rings. The molecule has 29 heavy (non-hydrogen) atoms. The molecule has 0 bridgehead atoms. The summed E-state index contributed by atoms with van der Waals surface area (Å²) in [6, 6.07) is 20.9. The van der Waals surface area contributed by atoms with Gasteiger partial charge < -0.3 is 10.1 Å². The highest BCUT2D eigenvalue weighted by molar-refractivity contribution is 6.12. The van der Waals surface area contributed by atoms with Crippen molar-refractivity contribution in [3.63, 3.8) is 0 Å². The van der Waals surface area contributed by atoms with Crippen LogP contribution in [0.2, 0.25) is 0 Å². The van der Waals surface area contributed by atoms with Gasteiger partial charge in [0.15, 0.2) is 0 Å². The first-order chi connectivity index (χ1) is 14.1. The van der Waals surface area contributed by atoms with Gasteiger partial charge in [-0.3, -0.25) is 4.79 Å². The lowest BCUT2D eigenvalue weighted by atomic mass is 10.0. The number of aryl methyl sites for hydroxylation is 1. The van der Waals surface area contributed by atoms with Crippen LogP contribution in [-0.2, 0) is 0 Å². The van der Waals surface area contributed by atoms with Crippen LogP contribution in [0.3, 0.4) is 0 Å². The maximum Gasteiger partial charge on any atom is 0.257 e. The number of carbonyl (C=O) groups is 1. The van der Waals surface area contributed by atoms with E-state index in [9.17, 15) is 4.79 Å². The van der Waals surface area contributed by atoms with Crippen molar-refractivity contribution in [2.45, 2.75) is 13.8 Å². The molecule has 144 valence electrons. The summed E-state index contributed by atoms with van der Waals surface area (Å²) in [5.41, 5.74) is 3.95. The van der Waals surface area contributed by atoms with E-state index in [0.717, 1.165) is 27.8 Å². The predicted octanol–water partition coefficient (Wildman–Crippen LogP) is 5.26. The number of nitrogens with zero attached hydrogens (tertiary/aromatic N) is 2. The van der Waals surface area contributed by atoms with Crippen molar-refractivity contribution in [3.05, 3.63) is 84.1 Å². The molecule has 4 aromatic rings. The minimum absolute atomic E-state index is 0.219. The average Bonchev–Trinajstić information content (AvgIpc) is 2.73. The zero-order chi connectivity index (χ0) is 20.2. The van der Waals surface area contributed by atoms with Gasteiger partial charge in [0, 0.05) is 17.1 Å². The van der Waals surface area contributed by atoms with E-state index in [1.807, 2.05) is 80.6 Å². The molecule has 0 aliphatic carbocycles. The fourth-order valence-corrected chi connectivity index (χ4v) is 3.21. The second-order valence-electron chi connectivity index (χ2n) is 6.71. The van der Waals surface area contributed by atoms with E-state index < -0.39 is 0 Å². The quantitative estimate of drug-likeness (QED) is 0.511. The number of rotatable bonds is 5. The highest BCUT2D eigenvalue weighted by Crippen LogP contribution is 2.27. The Morgan fingerprint density at radius 3 is 2.72 bits per heavy atom. The molecule has 4 rings (SSSR count). The summed E-state index contributed by atoms with van der Waals surface area (Å²) in [4.78, 5) is 22.1. The fourth-order valence-electron chi connectivity index (χ4n) is 3.21. The molecule has 5 heteroatoms. The van der Waals surface area contributed by atoms with Crippen LogP contribution < -0.4 is 10.1 Å². The lowest BCUT2D eigenvalue weighted by molar-refractivity contribution is 0.102. The molecular weight excluding hydrogens is 362 g/mol. The third-order valence-corrected chi connectivity index (χ3v) is 4.56. The number of carbonyl (C=O) groups excluding carboxylic acids is 1. The van der Waals surface area contributed by atoms with Gasteiger partial charge in [-0.25, -0.2) is 9.97 Å². The summed E-state index contributed by atoms with van der Waals surface area (Å²) >= 11 is 0. The number of anilines is 1. The molecule has 5 nitrogen and oxygen atoms in total. The lowest BCUT2D eigenvalue weighted by Crippen LogP contribution is -2.14. The Morgan fingerprint density at radius 1 is 1.03 bits per heavy atom. The first kappa shape index (κ1) is 18.6. The predicted molar refractivity (Wildman–Crippen MR) is 115 cm³/mol. The molecule has 1 N–H and O–H groups in total. The van der Waals surface area contributed by atoms with Gasteiger partial charge in [0.05, 0.1) is 23.4 Å². The maximum absolute atomic E-state index is 13.1. The Bertz CT molecular complexity index is 1190. The van der Waals surface area contributed by atoms with E-state index in [0.29, 0.717) is 23.7 Å². The summed E-state index contributed by atoms with van der Waals surface area (Å²) in [6.07, 6.45) is 1.68. The van der Waals surface area contributed by atoms with E-state index in [1.54, 1.807) is 6.20 Å². The van der Waals surface area contributed by atoms with Crippen LogP contribution in [-0.4, -0.2) is 22.5 Å². The largest absolute Gasteiger partial charge is 0.494 e. The van der Waals surface area contributed by atoms with E-state index in [2.05, 4.69) is 10.3 Å². The molecule has 1 amide bonds. The second kappa shape index (κ2) is 8.10. The molecule has 0 aliphatic rings. The van der Waals surface area contributed by atoms with Crippen LogP contribution in [0.1, 0.15) is 22.8 Å². The third kappa shape index (κ3) is 4.09. The van der Waals surface area contributed by atoms with Crippen molar-refractivity contribution in [1.82, 2.24) is 9.97 Å². The van der Waals surface area contributed by atoms with Crippen LogP contribution in [0.25, 0.3) is 22.2 Å². The first-order valence-electron chi connectivity index (χ1n) is 9.51. The van der Waals surface area contributed by atoms with Crippen molar-refractivity contribution < 1.29 is 9.53 Å². The SMILES string of the molecule is CCOc1cccc(-c2cc(C(=O)Nc3cc(C)ccn3)c3ccccc3n2)c1. The third-order valence-electron chi connectivity index (χ3n) is 4.56. The van der Waals surface area contributed by atoms with Gasteiger partial charge in [0.1, 0.15) is 11.6 Å². The maximum atomic E-state index is 13.1. The van der Waals surface area contributed by atoms with E-state index in [4.69, 9.17) is 9.72 Å². The summed E-state index contributed by atoms with van der Waals surface area (Å²) in [7, 11) is 0. The van der Waals surface area contributed by atoms with Gasteiger partial charge in [-0.2, -0.15) is 0 Å². The number of hydrogen-bond donors (Lipinski definition) is 1. The number of benzene rings is 2. The van der Waals surface area contributed by atoms with Gasteiger partial charge in [0.2, 0.25) is 0 Å². The normalized spacial score (nSPS) is 10.7. The Kier molecular flexibility index (Phi) is 5.20. The number of hydrogen-bond acceptors (Lipinski definition) is 4. The number of nitrogens with one attached hydrogen (secondary N) is 1. The highest BCUT2D eigenvalue weighted by Gasteiger charge is 2.15. The van der Waals surface area contributed by atoms with Crippen LogP contribution in [0, 0.1) is 6.92 Å². The lowest BCUT2D eigenvalue weighted by Gasteiger charge is -2.11. The molecule has 2 aromatic carbocycles. The second-order valence-corrected chi connectivity index (χ2v) is 6.71. The molecule has 0 atom stereocenters. The standard InChI is InChI=1S/C24H21N3O2/c1-3-29-18-8-6-7-17(14-18)22-15-20(19-9-4-5-10-21(19)26-22)24(28)27-23-13-16(2)11-12-25-23/h4-15H,3H2,1-2H3,(H,25,27,28). The number of fused-ring (bicyclic) bond motifs is 1. The van der Waals surface area contributed by atoms with Crippen molar-refractivity contribution >= 4 is 22.6 Å². The average molecular weight is 383 g/mol. The number of pyridine rings is 2. The zero-order valence-corrected chi connectivity index (χ0v) is 16.3. The van der Waals surface area contributed by atoms with Crippen LogP contribution >= 0.6 is 0 Å². The molecule has 2 aromatic heterocycles. The molecule has 0 saturated heterocycles. The molecule has 0 aliphatic heterocycles. The van der Waals surface area contributed by atoms with Gasteiger partial charge in [-0.05, 0) is 55.8 Å². The summed E-state index contributed by atoms with van der Waals surface area (Å²) in [6.45, 7) is 4.50. The number of aromatic nitrogens is 2. The Balaban J connectivity index is 1.79. The van der Waals surface area contributed by atoms with Gasteiger partial charge in [0.25, 0.3) is 5.91 Å². The summed E-state index contributed by atoms with van der Waals surface area (Å²) in [5, 5.41) is 3.69. The Morgan fingerprint density at radius 2 is 1.90 bits per heavy atom. The molecule has 0 saturated carbocycles. The monoisotopic (exact) mass is 383 g/mol. The number of amides is 1. The van der Waals surface area contributed by atoms with Crippen LogP contribution in [0.4, 0.5) is 5.82 Å². The summed E-state index contributed by atoms with van der Waals surface area (Å²) < 4.78 is 5.61. The van der Waals surface area contributed by atoms with Gasteiger partial charge >= 0.3 is 0 Å². The molecule has 0 radical (unpaired) electrons. The molecule has 0 unspecified atom stereocenters. The van der Waals surface area contributed by atoms with Crippen LogP contribution in [0.5, 0.6) is 5.75 Å². The topological polar surface area (TPSA) is 64.1 Å². The summed E-state index contributed by atoms with van der Waals surface area (Å²) in [5.74, 6) is 1.08. The van der Waals surface area contributed by atoms with Crippen molar-refractivity contribution in [3.8, 4) is 17.0 Å². The van der Waals surface area contributed by atoms with Crippen molar-refractivity contribution in [1.29, 1.82) is 0 Å². The van der Waals surface area contributed by atoms with Gasteiger partial charge in [-0.15, -0.1) is 0 Å². The smallest absolute Gasteiger partial charge is 0.257 e. The van der Waals surface area contributed by atoms with E-state index in [-0.39, 0.29) is 5.91 Å². The zero-order valence-electron chi connectivity index (χ0n) is 16.3. The Labute approximate surface area is 169 Å². The van der Waals surface area contributed by atoms with Crippen LogP contribution in [0.15, 0.2) is 72.9 Å². The van der Waals surface area contributed by atoms with Gasteiger partial charge in [-0.1, -0.05) is 30.3 Å². The van der Waals surface area contributed by atoms with Crippen molar-refractivity contribution in [2.75, 3.05) is 11.9 Å². The molecular formula is C24H21N3O2. The minimum atomic E-state index is -0.219. The van der Waals surface area contributed by atoms with Crippen molar-refractivity contribution in [2.24, 2.45) is 0 Å². The number of para-hydroxylation sites is 1. The number of ether oxygens (including phenoxy) is 1. The minimum Gasteiger partial charge on any atom is -0.494 e. The van der Waals surface area contributed by atoms with E-state index >= 15 is 0 Å². The van der Waals surface area contributed by atoms with E-state index in [1.165, 1.54) is 0 Å². The molecule has 0 spiro atoms. The highest BCUT2D eigenvalue weighted by atomic mass is 16.5.